The number of anilines is 2. The number of aromatic nitrogens is 2. The Bertz CT molecular complexity index is 748. The fourth-order valence-electron chi connectivity index (χ4n) is 4.32. The first kappa shape index (κ1) is 37.4. The Hall–Kier alpha value is -1.60. The summed E-state index contributed by atoms with van der Waals surface area (Å²) in [6, 6.07) is 8.27. The second-order valence-corrected chi connectivity index (χ2v) is 10.1. The van der Waals surface area contributed by atoms with Gasteiger partial charge in [0.25, 0.3) is 13.5 Å². The van der Waals surface area contributed by atoms with Crippen molar-refractivity contribution >= 4 is 11.4 Å². The number of pyridine rings is 2. The van der Waals surface area contributed by atoms with Crippen LogP contribution in [0.3, 0.4) is 0 Å². The van der Waals surface area contributed by atoms with Crippen molar-refractivity contribution in [1.82, 2.24) is 0 Å². The average molecular weight is 586 g/mol. The third kappa shape index (κ3) is 20.0. The molecule has 2 aromatic heterocycles. The van der Waals surface area contributed by atoms with Crippen LogP contribution in [0.1, 0.15) is 104 Å². The van der Waals surface area contributed by atoms with E-state index < -0.39 is 0 Å². The summed E-state index contributed by atoms with van der Waals surface area (Å²) >= 11 is 0. The second kappa shape index (κ2) is 26.6. The number of nitrogens with one attached hydrogen (secondary N) is 2. The summed E-state index contributed by atoms with van der Waals surface area (Å²) in [6.45, 7) is 8.02. The Morgan fingerprint density at radius 2 is 0.949 bits per heavy atom. The van der Waals surface area contributed by atoms with E-state index in [1.807, 2.05) is 0 Å². The van der Waals surface area contributed by atoms with Crippen molar-refractivity contribution < 1.29 is 43.4 Å². The maximum atomic E-state index is 5.87. The Balaban J connectivity index is 0.00000722. The molecular weight excluding hydrogens is 531 g/mol. The van der Waals surface area contributed by atoms with Crippen molar-refractivity contribution in [3.63, 3.8) is 0 Å². The number of rotatable bonds is 24. The zero-order valence-electron chi connectivity index (χ0n) is 24.5. The predicted molar refractivity (Wildman–Crippen MR) is 153 cm³/mol. The monoisotopic (exact) mass is 584 g/mol. The summed E-state index contributed by atoms with van der Waals surface area (Å²) in [5.41, 5.74) is 2.13. The summed E-state index contributed by atoms with van der Waals surface area (Å²) in [5.74, 6) is 0. The fraction of sp³-hybridized carbons (Fsp3) is 0.677. The molecule has 0 spiro atoms. The van der Waals surface area contributed by atoms with E-state index in [9.17, 15) is 0 Å². The molecule has 0 saturated carbocycles. The van der Waals surface area contributed by atoms with Crippen molar-refractivity contribution in [1.29, 1.82) is 0 Å². The van der Waals surface area contributed by atoms with Gasteiger partial charge in [-0.2, -0.15) is 9.13 Å². The molecule has 0 bridgehead atoms. The van der Waals surface area contributed by atoms with E-state index in [1.54, 1.807) is 0 Å². The molecule has 0 aliphatic carbocycles. The molecule has 39 heavy (non-hydrogen) atoms. The van der Waals surface area contributed by atoms with E-state index in [2.05, 4.69) is 82.7 Å². The van der Waals surface area contributed by atoms with Crippen LogP contribution in [0.2, 0.25) is 0 Å². The van der Waals surface area contributed by atoms with Crippen LogP contribution in [0.15, 0.2) is 49.1 Å². The molecule has 0 amide bonds. The minimum absolute atomic E-state index is 0. The van der Waals surface area contributed by atoms with Gasteiger partial charge in [0.1, 0.15) is 11.4 Å². The molecule has 2 N–H and O–H groups in total. The topological polar surface area (TPSA) is 50.3 Å². The molecule has 6 nitrogen and oxygen atoms in total. The van der Waals surface area contributed by atoms with Crippen LogP contribution in [0.4, 0.5) is 11.4 Å². The van der Waals surface area contributed by atoms with Gasteiger partial charge >= 0.3 is 0 Å². The molecule has 0 fully saturated rings. The van der Waals surface area contributed by atoms with Crippen molar-refractivity contribution in [2.45, 2.75) is 117 Å². The summed E-state index contributed by atoms with van der Waals surface area (Å²) in [7, 11) is 0. The van der Waals surface area contributed by atoms with Crippen molar-refractivity contribution in [2.24, 2.45) is 0 Å². The molecule has 0 unspecified atom stereocenters. The summed E-state index contributed by atoms with van der Waals surface area (Å²) in [4.78, 5) is 0. The molecule has 0 atom stereocenters. The molecule has 0 aliphatic rings. The molecule has 0 radical (unpaired) electrons. The quantitative estimate of drug-likeness (QED) is 0.111. The molecular formula is C31H54Cl2N4O2. The lowest BCUT2D eigenvalue weighted by Crippen LogP contribution is -3.00. The highest BCUT2D eigenvalue weighted by Gasteiger charge is 2.05. The maximum absolute atomic E-state index is 5.87. The first-order chi connectivity index (χ1) is 18.3. The number of nitrogens with zero attached hydrogens (tertiary/aromatic N) is 2. The summed E-state index contributed by atoms with van der Waals surface area (Å²) in [5, 5.41) is 6.89. The lowest BCUT2D eigenvalue weighted by atomic mass is 10.1. The van der Waals surface area contributed by atoms with Crippen LogP contribution in [0.5, 0.6) is 0 Å². The van der Waals surface area contributed by atoms with Gasteiger partial charge in [-0.1, -0.05) is 90.9 Å². The molecule has 0 aliphatic heterocycles. The first-order valence-corrected chi connectivity index (χ1v) is 14.9. The minimum atomic E-state index is 0. The number of hydrogen-bond donors (Lipinski definition) is 2. The molecule has 2 heterocycles. The van der Waals surface area contributed by atoms with Crippen molar-refractivity contribution in [3.05, 3.63) is 49.1 Å². The minimum Gasteiger partial charge on any atom is -1.00 e. The van der Waals surface area contributed by atoms with Gasteiger partial charge in [-0.05, 0) is 25.0 Å². The Morgan fingerprint density at radius 1 is 0.564 bits per heavy atom. The standard InChI is InChI=1S/C31H54N4O2.2ClH/c1-3-5-7-9-11-13-15-23-36-28-34-21-17-19-30(25-34)32-27-33-31-20-18-22-35(26-31)29-37-24-16-14-12-10-8-6-4-2;;/h17-22,25-26,32-33H,3-16,23-24,27-29H2,1-2H3;2*1H/q+2;;/p-2. The van der Waals surface area contributed by atoms with E-state index in [4.69, 9.17) is 9.47 Å². The average Bonchev–Trinajstić information content (AvgIpc) is 2.92. The highest BCUT2D eigenvalue weighted by atomic mass is 35.5. The lowest BCUT2D eigenvalue weighted by molar-refractivity contribution is -0.732. The normalized spacial score (nSPS) is 10.5. The fourth-order valence-corrected chi connectivity index (χ4v) is 4.32. The zero-order valence-corrected chi connectivity index (χ0v) is 26.0. The lowest BCUT2D eigenvalue weighted by Gasteiger charge is -2.08. The van der Waals surface area contributed by atoms with Gasteiger partial charge in [0.05, 0.1) is 19.9 Å². The highest BCUT2D eigenvalue weighted by Crippen LogP contribution is 2.08. The molecule has 224 valence electrons. The van der Waals surface area contributed by atoms with Crippen LogP contribution >= 0.6 is 0 Å². The van der Waals surface area contributed by atoms with Gasteiger partial charge in [-0.15, -0.1) is 0 Å². The third-order valence-electron chi connectivity index (χ3n) is 6.57. The third-order valence-corrected chi connectivity index (χ3v) is 6.57. The molecule has 8 heteroatoms. The van der Waals surface area contributed by atoms with Gasteiger partial charge < -0.3 is 44.9 Å². The first-order valence-electron chi connectivity index (χ1n) is 14.9. The van der Waals surface area contributed by atoms with Gasteiger partial charge in [0.15, 0.2) is 24.8 Å². The Kier molecular flexibility index (Phi) is 25.5. The van der Waals surface area contributed by atoms with E-state index in [0.717, 1.165) is 37.4 Å². The van der Waals surface area contributed by atoms with E-state index >= 15 is 0 Å². The van der Waals surface area contributed by atoms with Crippen molar-refractivity contribution in [2.75, 3.05) is 30.5 Å². The molecule has 0 saturated heterocycles. The highest BCUT2D eigenvalue weighted by molar-refractivity contribution is 5.43. The molecule has 2 rings (SSSR count). The number of halogens is 2. The maximum Gasteiger partial charge on any atom is 0.252 e. The molecule has 0 aromatic carbocycles. The van der Waals surface area contributed by atoms with E-state index in [1.165, 1.54) is 77.0 Å². The van der Waals surface area contributed by atoms with Crippen LogP contribution in [0, 0.1) is 0 Å². The van der Waals surface area contributed by atoms with Crippen LogP contribution in [-0.2, 0) is 22.9 Å². The Labute approximate surface area is 251 Å². The van der Waals surface area contributed by atoms with Crippen LogP contribution in [-0.4, -0.2) is 19.9 Å². The SMILES string of the molecule is CCCCCCCCCOC[n+]1cccc(NCNc2ccc[n+](COCCCCCCCCC)c2)c1.[Cl-].[Cl-]. The van der Waals surface area contributed by atoms with Gasteiger partial charge in [0.2, 0.25) is 0 Å². The summed E-state index contributed by atoms with van der Waals surface area (Å²) in [6.07, 6.45) is 26.6. The van der Waals surface area contributed by atoms with Crippen LogP contribution in [0.25, 0.3) is 0 Å². The van der Waals surface area contributed by atoms with E-state index in [-0.39, 0.29) is 24.8 Å². The number of ether oxygens (including phenoxy) is 2. The van der Waals surface area contributed by atoms with Crippen LogP contribution < -0.4 is 44.6 Å². The number of hydrogen-bond acceptors (Lipinski definition) is 4. The van der Waals surface area contributed by atoms with Crippen molar-refractivity contribution in [3.8, 4) is 0 Å². The van der Waals surface area contributed by atoms with E-state index in [0.29, 0.717) is 20.1 Å². The van der Waals surface area contributed by atoms with Gasteiger partial charge in [-0.3, -0.25) is 0 Å². The smallest absolute Gasteiger partial charge is 0.252 e. The molecule has 2 aromatic rings. The second-order valence-electron chi connectivity index (χ2n) is 10.1. The predicted octanol–water partition coefficient (Wildman–Crippen LogP) is 1.20. The summed E-state index contributed by atoms with van der Waals surface area (Å²) < 4.78 is 15.9. The van der Waals surface area contributed by atoms with Gasteiger partial charge in [-0.25, -0.2) is 0 Å². The largest absolute Gasteiger partial charge is 1.00 e. The zero-order chi connectivity index (χ0) is 26.2. The Morgan fingerprint density at radius 3 is 1.36 bits per heavy atom. The van der Waals surface area contributed by atoms with Gasteiger partial charge in [0, 0.05) is 12.1 Å². The number of unbranched alkanes of at least 4 members (excludes halogenated alkanes) is 12.